The van der Waals surface area contributed by atoms with Gasteiger partial charge >= 0.3 is 0 Å². The molecule has 1 saturated heterocycles. The summed E-state index contributed by atoms with van der Waals surface area (Å²) in [4.78, 5) is 15.6. The number of rotatable bonds is 3. The van der Waals surface area contributed by atoms with Gasteiger partial charge in [-0.1, -0.05) is 13.8 Å². The molecule has 1 amide bonds. The predicted octanol–water partition coefficient (Wildman–Crippen LogP) is 3.07. The highest BCUT2D eigenvalue weighted by molar-refractivity contribution is 7.12. The number of hydrogen-bond donors (Lipinski definition) is 1. The van der Waals surface area contributed by atoms with Gasteiger partial charge < -0.3 is 10.6 Å². The van der Waals surface area contributed by atoms with E-state index < -0.39 is 0 Å². The zero-order valence-electron chi connectivity index (χ0n) is 12.1. The Morgan fingerprint density at radius 3 is 2.84 bits per heavy atom. The molecule has 0 saturated carbocycles. The number of carbonyl (C=O) groups excluding carboxylic acids is 1. The van der Waals surface area contributed by atoms with E-state index in [0.29, 0.717) is 11.8 Å². The first kappa shape index (κ1) is 14.5. The van der Waals surface area contributed by atoms with Crippen LogP contribution in [0.2, 0.25) is 0 Å². The standard InChI is InChI=1S/C15H24N2OS/c1-10(2)13-6-8-19-14(13)15(18)17-7-4-5-12(9-17)11(3)16/h6,8,10-12H,4-5,7,9,16H2,1-3H3. The van der Waals surface area contributed by atoms with Crippen molar-refractivity contribution in [2.45, 2.75) is 45.6 Å². The maximum Gasteiger partial charge on any atom is 0.264 e. The highest BCUT2D eigenvalue weighted by Gasteiger charge is 2.28. The highest BCUT2D eigenvalue weighted by atomic mass is 32.1. The zero-order valence-corrected chi connectivity index (χ0v) is 12.9. The number of piperidine rings is 1. The molecular formula is C15H24N2OS. The molecule has 106 valence electrons. The highest BCUT2D eigenvalue weighted by Crippen LogP contribution is 2.28. The third-order valence-corrected chi connectivity index (χ3v) is 4.92. The van der Waals surface area contributed by atoms with Gasteiger partial charge in [-0.2, -0.15) is 0 Å². The van der Waals surface area contributed by atoms with E-state index in [1.165, 1.54) is 5.56 Å². The number of carbonyl (C=O) groups is 1. The number of hydrogen-bond acceptors (Lipinski definition) is 3. The van der Waals surface area contributed by atoms with Crippen LogP contribution in [0.25, 0.3) is 0 Å². The van der Waals surface area contributed by atoms with Gasteiger partial charge in [-0.05, 0) is 48.6 Å². The van der Waals surface area contributed by atoms with Gasteiger partial charge in [0.25, 0.3) is 5.91 Å². The van der Waals surface area contributed by atoms with E-state index in [9.17, 15) is 4.79 Å². The molecule has 4 heteroatoms. The molecule has 0 radical (unpaired) electrons. The molecule has 0 aliphatic carbocycles. The Bertz CT molecular complexity index is 439. The summed E-state index contributed by atoms with van der Waals surface area (Å²) < 4.78 is 0. The average molecular weight is 280 g/mol. The third kappa shape index (κ3) is 3.18. The molecule has 1 aliphatic rings. The van der Waals surface area contributed by atoms with Gasteiger partial charge in [-0.25, -0.2) is 0 Å². The summed E-state index contributed by atoms with van der Waals surface area (Å²) in [6.45, 7) is 8.01. The van der Waals surface area contributed by atoms with Crippen LogP contribution in [-0.4, -0.2) is 29.9 Å². The first-order valence-electron chi connectivity index (χ1n) is 7.13. The second-order valence-electron chi connectivity index (χ2n) is 5.87. The summed E-state index contributed by atoms with van der Waals surface area (Å²) in [5.41, 5.74) is 7.17. The van der Waals surface area contributed by atoms with E-state index in [-0.39, 0.29) is 11.9 Å². The number of thiophene rings is 1. The van der Waals surface area contributed by atoms with Crippen LogP contribution in [0.15, 0.2) is 11.4 Å². The van der Waals surface area contributed by atoms with Crippen LogP contribution in [-0.2, 0) is 0 Å². The van der Waals surface area contributed by atoms with Crippen LogP contribution in [0.1, 0.15) is 54.8 Å². The molecule has 1 aromatic rings. The monoisotopic (exact) mass is 280 g/mol. The van der Waals surface area contributed by atoms with Crippen LogP contribution in [0, 0.1) is 5.92 Å². The van der Waals surface area contributed by atoms with E-state index in [2.05, 4.69) is 19.9 Å². The molecule has 2 atom stereocenters. The van der Waals surface area contributed by atoms with Crippen molar-refractivity contribution in [3.05, 3.63) is 21.9 Å². The summed E-state index contributed by atoms with van der Waals surface area (Å²) in [5.74, 6) is 1.04. The Hall–Kier alpha value is -0.870. The first-order valence-corrected chi connectivity index (χ1v) is 8.01. The normalized spacial score (nSPS) is 21.7. The first-order chi connectivity index (χ1) is 9.00. The second kappa shape index (κ2) is 6.06. The maximum atomic E-state index is 12.6. The van der Waals surface area contributed by atoms with E-state index in [1.807, 2.05) is 17.2 Å². The Morgan fingerprint density at radius 1 is 1.47 bits per heavy atom. The van der Waals surface area contributed by atoms with Crippen molar-refractivity contribution >= 4 is 17.2 Å². The number of nitrogens with two attached hydrogens (primary N) is 1. The molecule has 19 heavy (non-hydrogen) atoms. The Balaban J connectivity index is 2.13. The van der Waals surface area contributed by atoms with Crippen molar-refractivity contribution < 1.29 is 4.79 Å². The van der Waals surface area contributed by atoms with E-state index >= 15 is 0 Å². The topological polar surface area (TPSA) is 46.3 Å². The van der Waals surface area contributed by atoms with E-state index in [0.717, 1.165) is 30.8 Å². The van der Waals surface area contributed by atoms with Crippen LogP contribution in [0.5, 0.6) is 0 Å². The fraction of sp³-hybridized carbons (Fsp3) is 0.667. The van der Waals surface area contributed by atoms with Gasteiger partial charge in [0.2, 0.25) is 0 Å². The van der Waals surface area contributed by atoms with E-state index in [1.54, 1.807) is 11.3 Å². The number of likely N-dealkylation sites (tertiary alicyclic amines) is 1. The molecule has 2 unspecified atom stereocenters. The lowest BCUT2D eigenvalue weighted by Gasteiger charge is -2.34. The lowest BCUT2D eigenvalue weighted by molar-refractivity contribution is 0.0664. The average Bonchev–Trinajstić information content (AvgIpc) is 2.87. The van der Waals surface area contributed by atoms with Gasteiger partial charge in [0.05, 0.1) is 4.88 Å². The minimum atomic E-state index is 0.170. The fourth-order valence-electron chi connectivity index (χ4n) is 2.71. The number of nitrogens with zero attached hydrogens (tertiary/aromatic N) is 1. The Kier molecular flexibility index (Phi) is 4.63. The van der Waals surface area contributed by atoms with Crippen LogP contribution in [0.3, 0.4) is 0 Å². The molecule has 2 heterocycles. The second-order valence-corrected chi connectivity index (χ2v) is 6.79. The molecule has 2 N–H and O–H groups in total. The van der Waals surface area contributed by atoms with Gasteiger partial charge in [-0.15, -0.1) is 11.3 Å². The molecule has 3 nitrogen and oxygen atoms in total. The Morgan fingerprint density at radius 2 is 2.21 bits per heavy atom. The molecule has 1 aliphatic heterocycles. The van der Waals surface area contributed by atoms with Crippen molar-refractivity contribution in [1.29, 1.82) is 0 Å². The van der Waals surface area contributed by atoms with Gasteiger partial charge in [0.1, 0.15) is 0 Å². The minimum Gasteiger partial charge on any atom is -0.338 e. The lowest BCUT2D eigenvalue weighted by Crippen LogP contribution is -2.45. The van der Waals surface area contributed by atoms with Crippen molar-refractivity contribution in [2.24, 2.45) is 11.7 Å². The predicted molar refractivity (Wildman–Crippen MR) is 80.7 cm³/mol. The van der Waals surface area contributed by atoms with Crippen LogP contribution in [0.4, 0.5) is 0 Å². The molecule has 2 rings (SSSR count). The maximum absolute atomic E-state index is 12.6. The summed E-state index contributed by atoms with van der Waals surface area (Å²) in [7, 11) is 0. The third-order valence-electron chi connectivity index (χ3n) is 4.00. The van der Waals surface area contributed by atoms with Gasteiger partial charge in [-0.3, -0.25) is 4.79 Å². The smallest absolute Gasteiger partial charge is 0.264 e. The van der Waals surface area contributed by atoms with Crippen LogP contribution >= 0.6 is 11.3 Å². The summed E-state index contributed by atoms with van der Waals surface area (Å²) >= 11 is 1.57. The largest absolute Gasteiger partial charge is 0.338 e. The molecule has 0 spiro atoms. The van der Waals surface area contributed by atoms with Gasteiger partial charge in [0.15, 0.2) is 0 Å². The summed E-state index contributed by atoms with van der Waals surface area (Å²) in [6, 6.07) is 2.25. The van der Waals surface area contributed by atoms with Gasteiger partial charge in [0, 0.05) is 19.1 Å². The summed E-state index contributed by atoms with van der Waals surface area (Å²) in [5, 5.41) is 2.02. The summed E-state index contributed by atoms with van der Waals surface area (Å²) in [6.07, 6.45) is 2.21. The zero-order chi connectivity index (χ0) is 14.0. The van der Waals surface area contributed by atoms with Crippen molar-refractivity contribution in [1.82, 2.24) is 4.90 Å². The molecule has 1 aromatic heterocycles. The van der Waals surface area contributed by atoms with Crippen molar-refractivity contribution in [3.63, 3.8) is 0 Å². The van der Waals surface area contributed by atoms with Crippen molar-refractivity contribution in [3.8, 4) is 0 Å². The SMILES string of the molecule is CC(C)c1ccsc1C(=O)N1CCCC(C(C)N)C1. The number of amides is 1. The molecular weight excluding hydrogens is 256 g/mol. The molecule has 0 bridgehead atoms. The molecule has 0 aromatic carbocycles. The van der Waals surface area contributed by atoms with Crippen molar-refractivity contribution in [2.75, 3.05) is 13.1 Å². The van der Waals surface area contributed by atoms with E-state index in [4.69, 9.17) is 5.73 Å². The van der Waals surface area contributed by atoms with Crippen LogP contribution < -0.4 is 5.73 Å². The lowest BCUT2D eigenvalue weighted by atomic mass is 9.92. The quantitative estimate of drug-likeness (QED) is 0.925. The molecule has 1 fully saturated rings. The Labute approximate surface area is 119 Å². The minimum absolute atomic E-state index is 0.170. The fourth-order valence-corrected chi connectivity index (χ4v) is 3.74.